The quantitative estimate of drug-likeness (QED) is 0.384. The van der Waals surface area contributed by atoms with Crippen molar-refractivity contribution in [3.8, 4) is 5.75 Å². The minimum atomic E-state index is -4.01. The Morgan fingerprint density at radius 1 is 1.18 bits per heavy atom. The SMILES string of the molecule is COc1ccc(N(CC(=O)NCCSCc2ccco2)S(=O)(=O)c2ccc(C)cc2)cc1Cl. The first-order valence-electron chi connectivity index (χ1n) is 10.1. The third-order valence-corrected chi connectivity index (χ3v) is 7.78. The molecule has 176 valence electrons. The van der Waals surface area contributed by atoms with Gasteiger partial charge in [0.15, 0.2) is 0 Å². The Kier molecular flexibility index (Phi) is 8.71. The fourth-order valence-electron chi connectivity index (χ4n) is 2.98. The number of rotatable bonds is 11. The Morgan fingerprint density at radius 2 is 1.94 bits per heavy atom. The number of hydrogen-bond donors (Lipinski definition) is 1. The van der Waals surface area contributed by atoms with Crippen LogP contribution in [0.25, 0.3) is 0 Å². The van der Waals surface area contributed by atoms with E-state index in [2.05, 4.69) is 5.32 Å². The van der Waals surface area contributed by atoms with Gasteiger partial charge in [0.05, 0.1) is 34.7 Å². The summed E-state index contributed by atoms with van der Waals surface area (Å²) < 4.78 is 38.3. The maximum absolute atomic E-state index is 13.4. The van der Waals surface area contributed by atoms with Gasteiger partial charge in [0.1, 0.15) is 18.1 Å². The molecule has 0 saturated heterocycles. The van der Waals surface area contributed by atoms with Crippen molar-refractivity contribution in [1.82, 2.24) is 5.32 Å². The molecule has 0 atom stereocenters. The van der Waals surface area contributed by atoms with Crippen molar-refractivity contribution in [2.45, 2.75) is 17.6 Å². The lowest BCUT2D eigenvalue weighted by Crippen LogP contribution is -2.41. The topological polar surface area (TPSA) is 88.8 Å². The summed E-state index contributed by atoms with van der Waals surface area (Å²) in [4.78, 5) is 12.7. The number of hydrogen-bond acceptors (Lipinski definition) is 6. The van der Waals surface area contributed by atoms with Crippen LogP contribution in [0.15, 0.2) is 70.2 Å². The van der Waals surface area contributed by atoms with Crippen LogP contribution in [0.2, 0.25) is 5.02 Å². The van der Waals surface area contributed by atoms with Gasteiger partial charge in [-0.3, -0.25) is 9.10 Å². The number of thioether (sulfide) groups is 1. The lowest BCUT2D eigenvalue weighted by molar-refractivity contribution is -0.119. The van der Waals surface area contributed by atoms with Gasteiger partial charge >= 0.3 is 0 Å². The number of benzene rings is 2. The lowest BCUT2D eigenvalue weighted by atomic mass is 10.2. The van der Waals surface area contributed by atoms with Crippen molar-refractivity contribution in [2.24, 2.45) is 0 Å². The van der Waals surface area contributed by atoms with Crippen LogP contribution in [0.5, 0.6) is 5.75 Å². The van der Waals surface area contributed by atoms with Gasteiger partial charge in [-0.1, -0.05) is 29.3 Å². The second-order valence-electron chi connectivity index (χ2n) is 7.13. The largest absolute Gasteiger partial charge is 0.495 e. The predicted octanol–water partition coefficient (Wildman–Crippen LogP) is 4.49. The van der Waals surface area contributed by atoms with Crippen molar-refractivity contribution in [2.75, 3.05) is 30.3 Å². The molecule has 0 aliphatic carbocycles. The Morgan fingerprint density at radius 3 is 2.58 bits per heavy atom. The zero-order chi connectivity index (χ0) is 23.8. The Balaban J connectivity index is 1.73. The molecule has 1 aromatic heterocycles. The first kappa shape index (κ1) is 25.0. The van der Waals surface area contributed by atoms with Crippen molar-refractivity contribution >= 4 is 45.0 Å². The van der Waals surface area contributed by atoms with Crippen LogP contribution in [0.4, 0.5) is 5.69 Å². The number of aryl methyl sites for hydroxylation is 1. The van der Waals surface area contributed by atoms with Gasteiger partial charge in [0, 0.05) is 12.3 Å². The highest BCUT2D eigenvalue weighted by Crippen LogP contribution is 2.32. The summed E-state index contributed by atoms with van der Waals surface area (Å²) in [6, 6.07) is 14.8. The molecule has 2 aromatic carbocycles. The van der Waals surface area contributed by atoms with Crippen molar-refractivity contribution in [1.29, 1.82) is 0 Å². The van der Waals surface area contributed by atoms with E-state index in [0.717, 1.165) is 15.6 Å². The van der Waals surface area contributed by atoms with Crippen LogP contribution in [0, 0.1) is 6.92 Å². The first-order valence-corrected chi connectivity index (χ1v) is 13.1. The third kappa shape index (κ3) is 6.69. The highest BCUT2D eigenvalue weighted by molar-refractivity contribution is 7.98. The van der Waals surface area contributed by atoms with Crippen LogP contribution in [-0.4, -0.2) is 40.3 Å². The molecule has 1 heterocycles. The maximum Gasteiger partial charge on any atom is 0.264 e. The van der Waals surface area contributed by atoms with Crippen LogP contribution in [0.3, 0.4) is 0 Å². The molecule has 7 nitrogen and oxygen atoms in total. The molecule has 0 bridgehead atoms. The van der Waals surface area contributed by atoms with Crippen LogP contribution in [0.1, 0.15) is 11.3 Å². The van der Waals surface area contributed by atoms with E-state index in [-0.39, 0.29) is 22.2 Å². The Hall–Kier alpha value is -2.62. The number of amides is 1. The summed E-state index contributed by atoms with van der Waals surface area (Å²) in [5.41, 5.74) is 1.20. The summed E-state index contributed by atoms with van der Waals surface area (Å²) in [6.07, 6.45) is 1.62. The molecule has 0 spiro atoms. The fraction of sp³-hybridized carbons (Fsp3) is 0.261. The van der Waals surface area contributed by atoms with E-state index < -0.39 is 15.9 Å². The number of nitrogens with zero attached hydrogens (tertiary/aromatic N) is 1. The number of carbonyl (C=O) groups excluding carboxylic acids is 1. The molecule has 1 amide bonds. The summed E-state index contributed by atoms with van der Waals surface area (Å²) in [6.45, 7) is 1.88. The number of ether oxygens (including phenoxy) is 1. The number of anilines is 1. The number of methoxy groups -OCH3 is 1. The van der Waals surface area contributed by atoms with E-state index in [4.69, 9.17) is 20.8 Å². The molecule has 0 aliphatic heterocycles. The summed E-state index contributed by atoms with van der Waals surface area (Å²) in [5, 5.41) is 3.02. The van der Waals surface area contributed by atoms with E-state index in [1.165, 1.54) is 25.3 Å². The Labute approximate surface area is 203 Å². The predicted molar refractivity (Wildman–Crippen MR) is 132 cm³/mol. The van der Waals surface area contributed by atoms with E-state index in [1.807, 2.05) is 19.1 Å². The second kappa shape index (κ2) is 11.5. The maximum atomic E-state index is 13.4. The van der Waals surface area contributed by atoms with Gasteiger partial charge in [-0.05, 0) is 49.4 Å². The van der Waals surface area contributed by atoms with E-state index in [0.29, 0.717) is 23.8 Å². The first-order chi connectivity index (χ1) is 15.8. The molecule has 1 N–H and O–H groups in total. The van der Waals surface area contributed by atoms with E-state index in [1.54, 1.807) is 42.3 Å². The molecule has 3 rings (SSSR count). The van der Waals surface area contributed by atoms with Crippen LogP contribution >= 0.6 is 23.4 Å². The smallest absolute Gasteiger partial charge is 0.264 e. The molecule has 33 heavy (non-hydrogen) atoms. The highest BCUT2D eigenvalue weighted by atomic mass is 35.5. The summed E-state index contributed by atoms with van der Waals surface area (Å²) in [7, 11) is -2.54. The van der Waals surface area contributed by atoms with Crippen molar-refractivity contribution in [3.05, 3.63) is 77.2 Å². The zero-order valence-corrected chi connectivity index (χ0v) is 20.7. The van der Waals surface area contributed by atoms with E-state index in [9.17, 15) is 13.2 Å². The summed E-state index contributed by atoms with van der Waals surface area (Å²) >= 11 is 7.84. The fourth-order valence-corrected chi connectivity index (χ4v) is 5.40. The minimum absolute atomic E-state index is 0.0850. The Bertz CT molecular complexity index is 1170. The monoisotopic (exact) mass is 508 g/mol. The van der Waals surface area contributed by atoms with Crippen LogP contribution in [-0.2, 0) is 20.6 Å². The highest BCUT2D eigenvalue weighted by Gasteiger charge is 2.27. The number of sulfonamides is 1. The average Bonchev–Trinajstić information content (AvgIpc) is 3.31. The molecule has 0 radical (unpaired) electrons. The van der Waals surface area contributed by atoms with Gasteiger partial charge in [-0.25, -0.2) is 8.42 Å². The molecule has 0 fully saturated rings. The van der Waals surface area contributed by atoms with Gasteiger partial charge in [-0.2, -0.15) is 11.8 Å². The van der Waals surface area contributed by atoms with Gasteiger partial charge < -0.3 is 14.5 Å². The third-order valence-electron chi connectivity index (χ3n) is 4.71. The minimum Gasteiger partial charge on any atom is -0.495 e. The van der Waals surface area contributed by atoms with E-state index >= 15 is 0 Å². The molecular formula is C23H25ClN2O5S2. The number of nitrogens with one attached hydrogen (secondary N) is 1. The zero-order valence-electron chi connectivity index (χ0n) is 18.3. The molecular weight excluding hydrogens is 484 g/mol. The molecule has 0 saturated carbocycles. The van der Waals surface area contributed by atoms with Crippen molar-refractivity contribution < 1.29 is 22.4 Å². The lowest BCUT2D eigenvalue weighted by Gasteiger charge is -2.24. The van der Waals surface area contributed by atoms with Crippen LogP contribution < -0.4 is 14.4 Å². The van der Waals surface area contributed by atoms with Gasteiger partial charge in [0.2, 0.25) is 5.91 Å². The number of halogens is 1. The summed E-state index contributed by atoms with van der Waals surface area (Å²) in [5.74, 6) is 2.20. The second-order valence-corrected chi connectivity index (χ2v) is 10.5. The molecule has 3 aromatic rings. The number of carbonyl (C=O) groups is 1. The van der Waals surface area contributed by atoms with Gasteiger partial charge in [-0.15, -0.1) is 0 Å². The van der Waals surface area contributed by atoms with Gasteiger partial charge in [0.25, 0.3) is 10.0 Å². The van der Waals surface area contributed by atoms with Crippen molar-refractivity contribution in [3.63, 3.8) is 0 Å². The number of furan rings is 1. The standard InChI is InChI=1S/C23H25ClN2O5S2/c1-17-5-8-20(9-6-17)33(28,29)26(18-7-10-22(30-2)21(24)14-18)15-23(27)25-11-13-32-16-19-4-3-12-31-19/h3-10,12,14H,11,13,15-16H2,1-2H3,(H,25,27). The molecule has 0 unspecified atom stereocenters. The average molecular weight is 509 g/mol. The normalized spacial score (nSPS) is 11.2. The molecule has 10 heteroatoms. The molecule has 0 aliphatic rings.